The first kappa shape index (κ1) is 23.4. The van der Waals surface area contributed by atoms with E-state index < -0.39 is 0 Å². The summed E-state index contributed by atoms with van der Waals surface area (Å²) >= 11 is 0. The summed E-state index contributed by atoms with van der Waals surface area (Å²) in [6.07, 6.45) is 0. The standard InChI is InChI=1S/C25H39NP2/c1-18(2)27(19(3)4)24-16-12-10-14-22(24)26(9)23-15-11-13-17-25(23)28(20(5)6)21(7)8/h10-21H,1-9H3. The highest BCUT2D eigenvalue weighted by atomic mass is 31.1. The number of hydrogen-bond acceptors (Lipinski definition) is 1. The fraction of sp³-hybridized carbons (Fsp3) is 0.520. The molecule has 2 aromatic carbocycles. The molecule has 0 fully saturated rings. The molecule has 2 rings (SSSR count). The molecule has 0 radical (unpaired) electrons. The van der Waals surface area contributed by atoms with Crippen LogP contribution in [0.2, 0.25) is 0 Å². The summed E-state index contributed by atoms with van der Waals surface area (Å²) in [6, 6.07) is 18.2. The molecule has 0 aliphatic carbocycles. The van der Waals surface area contributed by atoms with Crippen molar-refractivity contribution in [1.82, 2.24) is 0 Å². The van der Waals surface area contributed by atoms with Gasteiger partial charge in [-0.1, -0.05) is 108 Å². The summed E-state index contributed by atoms with van der Waals surface area (Å²) in [5.41, 5.74) is 5.50. The lowest BCUT2D eigenvalue weighted by Gasteiger charge is -2.34. The third-order valence-electron chi connectivity index (χ3n) is 5.27. The lowest BCUT2D eigenvalue weighted by molar-refractivity contribution is 1.02. The van der Waals surface area contributed by atoms with Crippen LogP contribution in [-0.2, 0) is 0 Å². The summed E-state index contributed by atoms with van der Waals surface area (Å²) in [6.45, 7) is 19.1. The number of rotatable bonds is 8. The van der Waals surface area contributed by atoms with Gasteiger partial charge in [0.25, 0.3) is 0 Å². The predicted molar refractivity (Wildman–Crippen MR) is 135 cm³/mol. The van der Waals surface area contributed by atoms with Crippen molar-refractivity contribution < 1.29 is 0 Å². The highest BCUT2D eigenvalue weighted by Gasteiger charge is 2.26. The van der Waals surface area contributed by atoms with Gasteiger partial charge >= 0.3 is 0 Å². The fourth-order valence-electron chi connectivity index (χ4n) is 4.37. The van der Waals surface area contributed by atoms with Crippen LogP contribution in [0.15, 0.2) is 48.5 Å². The van der Waals surface area contributed by atoms with Crippen molar-refractivity contribution in [1.29, 1.82) is 0 Å². The third-order valence-corrected chi connectivity index (χ3v) is 11.6. The molecule has 28 heavy (non-hydrogen) atoms. The van der Waals surface area contributed by atoms with Gasteiger partial charge in [0, 0.05) is 29.0 Å². The molecule has 0 unspecified atom stereocenters. The number of para-hydroxylation sites is 2. The first-order valence-electron chi connectivity index (χ1n) is 10.6. The zero-order valence-corrected chi connectivity index (χ0v) is 21.1. The lowest BCUT2D eigenvalue weighted by atomic mass is 10.2. The van der Waals surface area contributed by atoms with E-state index in [-0.39, 0.29) is 15.8 Å². The molecule has 0 atom stereocenters. The Morgan fingerprint density at radius 3 is 1.11 bits per heavy atom. The fourth-order valence-corrected chi connectivity index (χ4v) is 10.5. The second-order valence-electron chi connectivity index (χ2n) is 8.73. The molecule has 1 nitrogen and oxygen atoms in total. The summed E-state index contributed by atoms with van der Waals surface area (Å²) in [7, 11) is 1.86. The number of anilines is 2. The Labute approximate surface area is 176 Å². The molecule has 0 saturated heterocycles. The lowest BCUT2D eigenvalue weighted by Crippen LogP contribution is -2.27. The van der Waals surface area contributed by atoms with Crippen LogP contribution in [0, 0.1) is 0 Å². The smallest absolute Gasteiger partial charge is 0.0486 e. The molecule has 0 saturated carbocycles. The average molecular weight is 416 g/mol. The molecule has 0 aromatic heterocycles. The largest absolute Gasteiger partial charge is 0.344 e. The Morgan fingerprint density at radius 2 is 0.821 bits per heavy atom. The molecule has 0 N–H and O–H groups in total. The molecular formula is C25H39NP2. The maximum Gasteiger partial charge on any atom is 0.0486 e. The van der Waals surface area contributed by atoms with Gasteiger partial charge in [-0.25, -0.2) is 0 Å². The minimum absolute atomic E-state index is 0.204. The molecule has 0 spiro atoms. The molecule has 0 aliphatic rings. The van der Waals surface area contributed by atoms with E-state index in [0.717, 1.165) is 0 Å². The van der Waals surface area contributed by atoms with Crippen LogP contribution >= 0.6 is 15.8 Å². The molecule has 0 bridgehead atoms. The Bertz CT molecular complexity index is 672. The van der Waals surface area contributed by atoms with E-state index in [1.54, 1.807) is 10.6 Å². The number of nitrogens with zero attached hydrogens (tertiary/aromatic N) is 1. The van der Waals surface area contributed by atoms with Crippen molar-refractivity contribution in [2.75, 3.05) is 11.9 Å². The minimum Gasteiger partial charge on any atom is -0.344 e. The van der Waals surface area contributed by atoms with Gasteiger partial charge in [0.2, 0.25) is 0 Å². The van der Waals surface area contributed by atoms with Crippen molar-refractivity contribution in [2.45, 2.75) is 78.0 Å². The summed E-state index contributed by atoms with van der Waals surface area (Å²) < 4.78 is 0. The zero-order chi connectivity index (χ0) is 21.0. The molecule has 3 heteroatoms. The predicted octanol–water partition coefficient (Wildman–Crippen LogP) is 7.30. The van der Waals surface area contributed by atoms with Gasteiger partial charge in [0.1, 0.15) is 0 Å². The van der Waals surface area contributed by atoms with Crippen LogP contribution in [0.5, 0.6) is 0 Å². The summed E-state index contributed by atoms with van der Waals surface area (Å²) in [4.78, 5) is 2.46. The molecule has 154 valence electrons. The van der Waals surface area contributed by atoms with E-state index in [0.29, 0.717) is 22.6 Å². The van der Waals surface area contributed by atoms with Crippen molar-refractivity contribution in [3.05, 3.63) is 48.5 Å². The normalized spacial score (nSPS) is 12.2. The van der Waals surface area contributed by atoms with Gasteiger partial charge in [0.05, 0.1) is 0 Å². The Kier molecular flexibility index (Phi) is 8.54. The van der Waals surface area contributed by atoms with Crippen molar-refractivity contribution in [2.24, 2.45) is 0 Å². The molecule has 0 amide bonds. The van der Waals surface area contributed by atoms with Crippen LogP contribution in [0.4, 0.5) is 11.4 Å². The SMILES string of the molecule is CC(C)P(c1ccccc1N(C)c1ccccc1P(C(C)C)C(C)C)C(C)C. The van der Waals surface area contributed by atoms with Gasteiger partial charge in [0.15, 0.2) is 0 Å². The van der Waals surface area contributed by atoms with Crippen molar-refractivity contribution in [3.8, 4) is 0 Å². The van der Waals surface area contributed by atoms with Crippen LogP contribution in [0.25, 0.3) is 0 Å². The van der Waals surface area contributed by atoms with Crippen molar-refractivity contribution >= 4 is 37.8 Å². The number of hydrogen-bond donors (Lipinski definition) is 0. The first-order chi connectivity index (χ1) is 13.2. The van der Waals surface area contributed by atoms with E-state index in [4.69, 9.17) is 0 Å². The molecule has 0 aliphatic heterocycles. The summed E-state index contributed by atoms with van der Waals surface area (Å²) in [5.74, 6) is 0. The van der Waals surface area contributed by atoms with Gasteiger partial charge in [-0.2, -0.15) is 0 Å². The van der Waals surface area contributed by atoms with Crippen LogP contribution in [0.3, 0.4) is 0 Å². The zero-order valence-electron chi connectivity index (χ0n) is 19.3. The molecular weight excluding hydrogens is 376 g/mol. The highest BCUT2D eigenvalue weighted by molar-refractivity contribution is 7.67. The van der Waals surface area contributed by atoms with Crippen LogP contribution < -0.4 is 15.5 Å². The Hall–Kier alpha value is -0.900. The maximum absolute atomic E-state index is 2.46. The third kappa shape index (κ3) is 5.17. The van der Waals surface area contributed by atoms with E-state index >= 15 is 0 Å². The highest BCUT2D eigenvalue weighted by Crippen LogP contribution is 2.50. The number of benzene rings is 2. The Balaban J connectivity index is 2.59. The van der Waals surface area contributed by atoms with E-state index in [1.807, 2.05) is 0 Å². The van der Waals surface area contributed by atoms with Gasteiger partial charge in [-0.3, -0.25) is 0 Å². The van der Waals surface area contributed by atoms with E-state index in [9.17, 15) is 0 Å². The quantitative estimate of drug-likeness (QED) is 0.409. The molecule has 0 heterocycles. The first-order valence-corrected chi connectivity index (χ1v) is 13.6. The van der Waals surface area contributed by atoms with Crippen LogP contribution in [-0.4, -0.2) is 29.7 Å². The second-order valence-corrected chi connectivity index (χ2v) is 15.4. The van der Waals surface area contributed by atoms with Gasteiger partial charge < -0.3 is 4.90 Å². The minimum atomic E-state index is -0.204. The van der Waals surface area contributed by atoms with Crippen molar-refractivity contribution in [3.63, 3.8) is 0 Å². The van der Waals surface area contributed by atoms with Crippen LogP contribution in [0.1, 0.15) is 55.4 Å². The maximum atomic E-state index is 2.46. The van der Waals surface area contributed by atoms with E-state index in [1.165, 1.54) is 11.4 Å². The van der Waals surface area contributed by atoms with Gasteiger partial charge in [-0.05, 0) is 34.8 Å². The van der Waals surface area contributed by atoms with Gasteiger partial charge in [-0.15, -0.1) is 0 Å². The monoisotopic (exact) mass is 415 g/mol. The average Bonchev–Trinajstić information content (AvgIpc) is 2.61. The summed E-state index contributed by atoms with van der Waals surface area (Å²) in [5, 5.41) is 3.08. The topological polar surface area (TPSA) is 3.24 Å². The Morgan fingerprint density at radius 1 is 0.536 bits per heavy atom. The molecule has 2 aromatic rings. The van der Waals surface area contributed by atoms with E-state index in [2.05, 4.69) is 116 Å². The second kappa shape index (κ2) is 10.2.